The fourth-order valence-corrected chi connectivity index (χ4v) is 4.13. The normalized spacial score (nSPS) is 13.4. The van der Waals surface area contributed by atoms with Crippen LogP contribution in [0, 0.1) is 19.8 Å². The van der Waals surface area contributed by atoms with E-state index in [9.17, 15) is 14.4 Å². The van der Waals surface area contributed by atoms with E-state index in [-0.39, 0.29) is 36.3 Å². The minimum Gasteiger partial charge on any atom is -0.326 e. The van der Waals surface area contributed by atoms with Crippen LogP contribution in [0.25, 0.3) is 10.2 Å². The molecule has 1 aliphatic carbocycles. The lowest BCUT2D eigenvalue weighted by atomic mass is 10.2. The molecule has 2 N–H and O–H groups in total. The molecule has 0 saturated heterocycles. The van der Waals surface area contributed by atoms with Crippen molar-refractivity contribution in [2.75, 3.05) is 10.6 Å². The monoisotopic (exact) mass is 410 g/mol. The number of nitrogens with one attached hydrogen (secondary N) is 2. The molecule has 2 aromatic heterocycles. The van der Waals surface area contributed by atoms with Gasteiger partial charge in [0.05, 0.1) is 11.7 Å². The first-order valence-electron chi connectivity index (χ1n) is 9.58. The maximum atomic E-state index is 12.7. The van der Waals surface area contributed by atoms with E-state index in [4.69, 9.17) is 0 Å². The number of hydrogen-bond donors (Lipinski definition) is 2. The fraction of sp³-hybridized carbons (Fsp3) is 0.333. The zero-order chi connectivity index (χ0) is 20.5. The Morgan fingerprint density at radius 2 is 1.93 bits per heavy atom. The third-order valence-corrected chi connectivity index (χ3v) is 6.21. The summed E-state index contributed by atoms with van der Waals surface area (Å²) >= 11 is 1.51. The number of aryl methyl sites for hydroxylation is 3. The molecule has 8 heteroatoms. The van der Waals surface area contributed by atoms with E-state index in [0.717, 1.165) is 28.1 Å². The molecule has 0 spiro atoms. The average Bonchev–Trinajstić information content (AvgIpc) is 3.48. The number of aromatic nitrogens is 2. The molecule has 29 heavy (non-hydrogen) atoms. The van der Waals surface area contributed by atoms with Crippen LogP contribution in [0.4, 0.5) is 11.4 Å². The summed E-state index contributed by atoms with van der Waals surface area (Å²) in [6.45, 7) is 4.14. The summed E-state index contributed by atoms with van der Waals surface area (Å²) in [5, 5.41) is 6.32. The molecule has 0 aliphatic heterocycles. The zero-order valence-corrected chi connectivity index (χ0v) is 17.1. The lowest BCUT2D eigenvalue weighted by Crippen LogP contribution is -2.23. The number of benzene rings is 1. The van der Waals surface area contributed by atoms with Gasteiger partial charge in [-0.2, -0.15) is 0 Å². The predicted molar refractivity (Wildman–Crippen MR) is 114 cm³/mol. The molecule has 4 rings (SSSR count). The molecule has 1 fully saturated rings. The molecule has 2 heterocycles. The first-order valence-corrected chi connectivity index (χ1v) is 10.4. The van der Waals surface area contributed by atoms with Crippen LogP contribution in [0.3, 0.4) is 0 Å². The molecular weight excluding hydrogens is 388 g/mol. The van der Waals surface area contributed by atoms with E-state index in [1.807, 2.05) is 13.8 Å². The molecule has 0 atom stereocenters. The fourth-order valence-electron chi connectivity index (χ4n) is 3.14. The van der Waals surface area contributed by atoms with Crippen LogP contribution in [0.2, 0.25) is 0 Å². The van der Waals surface area contributed by atoms with Crippen molar-refractivity contribution < 1.29 is 9.59 Å². The maximum Gasteiger partial charge on any atom is 0.262 e. The van der Waals surface area contributed by atoms with Crippen molar-refractivity contribution in [3.05, 3.63) is 51.4 Å². The molecule has 1 aromatic carbocycles. The summed E-state index contributed by atoms with van der Waals surface area (Å²) in [6, 6.07) is 7.07. The Balaban J connectivity index is 1.40. The van der Waals surface area contributed by atoms with Crippen molar-refractivity contribution in [3.63, 3.8) is 0 Å². The number of amides is 2. The molecule has 1 aliphatic rings. The molecule has 1 saturated carbocycles. The topological polar surface area (TPSA) is 93.1 Å². The van der Waals surface area contributed by atoms with Crippen molar-refractivity contribution >= 4 is 44.7 Å². The highest BCUT2D eigenvalue weighted by molar-refractivity contribution is 7.18. The van der Waals surface area contributed by atoms with Gasteiger partial charge in [0.15, 0.2) is 0 Å². The molecule has 0 radical (unpaired) electrons. The molecular formula is C21H22N4O3S. The van der Waals surface area contributed by atoms with Gasteiger partial charge in [-0.3, -0.25) is 19.0 Å². The van der Waals surface area contributed by atoms with E-state index < -0.39 is 0 Å². The summed E-state index contributed by atoms with van der Waals surface area (Å²) in [5.74, 6) is -0.0660. The van der Waals surface area contributed by atoms with Crippen LogP contribution < -0.4 is 16.2 Å². The summed E-state index contributed by atoms with van der Waals surface area (Å²) in [6.07, 6.45) is 3.52. The number of carbonyl (C=O) groups is 2. The van der Waals surface area contributed by atoms with Crippen molar-refractivity contribution in [3.8, 4) is 0 Å². The number of carbonyl (C=O) groups excluding carboxylic acids is 2. The second-order valence-corrected chi connectivity index (χ2v) is 8.55. The number of nitrogens with zero attached hydrogens (tertiary/aromatic N) is 2. The quantitative estimate of drug-likeness (QED) is 0.651. The van der Waals surface area contributed by atoms with E-state index in [1.54, 1.807) is 24.3 Å². The highest BCUT2D eigenvalue weighted by Gasteiger charge is 2.29. The Morgan fingerprint density at radius 3 is 2.66 bits per heavy atom. The SMILES string of the molecule is Cc1sc2ncn(CCC(=O)Nc3cccc(NC(=O)C4CC4)c3)c(=O)c2c1C. The van der Waals surface area contributed by atoms with Gasteiger partial charge in [-0.25, -0.2) is 4.98 Å². The van der Waals surface area contributed by atoms with E-state index in [0.29, 0.717) is 16.8 Å². The van der Waals surface area contributed by atoms with Gasteiger partial charge < -0.3 is 10.6 Å². The smallest absolute Gasteiger partial charge is 0.262 e. The van der Waals surface area contributed by atoms with Crippen LogP contribution in [-0.4, -0.2) is 21.4 Å². The van der Waals surface area contributed by atoms with Gasteiger partial charge in [-0.05, 0) is 50.5 Å². The largest absolute Gasteiger partial charge is 0.326 e. The number of hydrogen-bond acceptors (Lipinski definition) is 5. The minimum absolute atomic E-state index is 0.0229. The number of fused-ring (bicyclic) bond motifs is 1. The number of thiophene rings is 1. The zero-order valence-electron chi connectivity index (χ0n) is 16.3. The molecule has 0 unspecified atom stereocenters. The first kappa shape index (κ1) is 19.3. The molecule has 0 bridgehead atoms. The number of rotatable bonds is 6. The lowest BCUT2D eigenvalue weighted by Gasteiger charge is -2.09. The summed E-state index contributed by atoms with van der Waals surface area (Å²) in [7, 11) is 0. The van der Waals surface area contributed by atoms with Crippen molar-refractivity contribution in [1.82, 2.24) is 9.55 Å². The van der Waals surface area contributed by atoms with Gasteiger partial charge in [-0.15, -0.1) is 11.3 Å². The Labute approximate surface area is 171 Å². The third-order valence-electron chi connectivity index (χ3n) is 5.10. The Bertz CT molecular complexity index is 1160. The summed E-state index contributed by atoms with van der Waals surface area (Å²) in [5.41, 5.74) is 2.10. The second kappa shape index (κ2) is 7.79. The molecule has 7 nitrogen and oxygen atoms in total. The summed E-state index contributed by atoms with van der Waals surface area (Å²) < 4.78 is 1.48. The van der Waals surface area contributed by atoms with Crippen LogP contribution in [0.15, 0.2) is 35.4 Å². The van der Waals surface area contributed by atoms with Gasteiger partial charge in [-0.1, -0.05) is 6.07 Å². The average molecular weight is 410 g/mol. The van der Waals surface area contributed by atoms with E-state index in [2.05, 4.69) is 15.6 Å². The Morgan fingerprint density at radius 1 is 1.21 bits per heavy atom. The van der Waals surface area contributed by atoms with Crippen molar-refractivity contribution in [2.24, 2.45) is 5.92 Å². The Hall–Kier alpha value is -3.00. The van der Waals surface area contributed by atoms with Crippen LogP contribution in [0.1, 0.15) is 29.7 Å². The van der Waals surface area contributed by atoms with E-state index >= 15 is 0 Å². The summed E-state index contributed by atoms with van der Waals surface area (Å²) in [4.78, 5) is 43.1. The van der Waals surface area contributed by atoms with Crippen molar-refractivity contribution in [1.29, 1.82) is 0 Å². The van der Waals surface area contributed by atoms with Gasteiger partial charge in [0.25, 0.3) is 5.56 Å². The van der Waals surface area contributed by atoms with Gasteiger partial charge >= 0.3 is 0 Å². The van der Waals surface area contributed by atoms with Crippen LogP contribution >= 0.6 is 11.3 Å². The highest BCUT2D eigenvalue weighted by atomic mass is 32.1. The molecule has 2 amide bonds. The predicted octanol–water partition coefficient (Wildman–Crippen LogP) is 3.45. The minimum atomic E-state index is -0.208. The Kier molecular flexibility index (Phi) is 5.19. The van der Waals surface area contributed by atoms with E-state index in [1.165, 1.54) is 22.2 Å². The number of anilines is 2. The van der Waals surface area contributed by atoms with Crippen molar-refractivity contribution in [2.45, 2.75) is 39.7 Å². The molecule has 3 aromatic rings. The standard InChI is InChI=1S/C21H22N4O3S/c1-12-13(2)29-20-18(12)21(28)25(11-22-20)9-8-17(26)23-15-4-3-5-16(10-15)24-19(27)14-6-7-14/h3-5,10-11,14H,6-9H2,1-2H3,(H,23,26)(H,24,27). The first-order chi connectivity index (χ1) is 13.9. The highest BCUT2D eigenvalue weighted by Crippen LogP contribution is 2.30. The van der Waals surface area contributed by atoms with Gasteiger partial charge in [0, 0.05) is 35.1 Å². The molecule has 150 valence electrons. The lowest BCUT2D eigenvalue weighted by molar-refractivity contribution is -0.117. The van der Waals surface area contributed by atoms with Gasteiger partial charge in [0.2, 0.25) is 11.8 Å². The van der Waals surface area contributed by atoms with Gasteiger partial charge in [0.1, 0.15) is 4.83 Å². The maximum absolute atomic E-state index is 12.7. The second-order valence-electron chi connectivity index (χ2n) is 7.35. The van der Waals surface area contributed by atoms with Crippen LogP contribution in [0.5, 0.6) is 0 Å². The van der Waals surface area contributed by atoms with Crippen LogP contribution in [-0.2, 0) is 16.1 Å². The third kappa shape index (κ3) is 4.22.